The highest BCUT2D eigenvalue weighted by Crippen LogP contribution is 2.20. The minimum absolute atomic E-state index is 0.493. The van der Waals surface area contributed by atoms with Crippen LogP contribution in [0, 0.1) is 0 Å². The highest BCUT2D eigenvalue weighted by Gasteiger charge is 2.10. The Bertz CT molecular complexity index is 457. The maximum Gasteiger partial charge on any atom is 0.0650 e. The predicted molar refractivity (Wildman–Crippen MR) is 71.2 cm³/mol. The molecule has 0 aliphatic heterocycles. The van der Waals surface area contributed by atoms with Crippen LogP contribution in [-0.4, -0.2) is 10.2 Å². The van der Waals surface area contributed by atoms with Gasteiger partial charge in [-0.2, -0.15) is 5.10 Å². The summed E-state index contributed by atoms with van der Waals surface area (Å²) in [4.78, 5) is 0. The first-order valence-electron chi connectivity index (χ1n) is 6.26. The largest absolute Gasteiger partial charge is 0.282 e. The molecule has 1 aromatic heterocycles. The first-order chi connectivity index (χ1) is 8.16. The minimum atomic E-state index is 0.493. The summed E-state index contributed by atoms with van der Waals surface area (Å²) in [6, 6.07) is 12.8. The van der Waals surface area contributed by atoms with Crippen LogP contribution in [-0.2, 0) is 6.42 Å². The van der Waals surface area contributed by atoms with Crippen molar-refractivity contribution in [3.05, 3.63) is 53.3 Å². The van der Waals surface area contributed by atoms with E-state index >= 15 is 0 Å². The molecule has 2 rings (SSSR count). The number of aromatic amines is 1. The molecule has 17 heavy (non-hydrogen) atoms. The second-order valence-corrected chi connectivity index (χ2v) is 4.99. The van der Waals surface area contributed by atoms with Crippen LogP contribution in [0.15, 0.2) is 36.4 Å². The second-order valence-electron chi connectivity index (χ2n) is 4.99. The molecule has 2 nitrogen and oxygen atoms in total. The molecule has 0 amide bonds. The molecule has 0 saturated carbocycles. The summed E-state index contributed by atoms with van der Waals surface area (Å²) in [7, 11) is 0. The van der Waals surface area contributed by atoms with Crippen molar-refractivity contribution in [3.8, 4) is 0 Å². The van der Waals surface area contributed by atoms with Gasteiger partial charge >= 0.3 is 0 Å². The van der Waals surface area contributed by atoms with E-state index in [2.05, 4.69) is 67.4 Å². The van der Waals surface area contributed by atoms with Crippen molar-refractivity contribution in [1.29, 1.82) is 0 Å². The zero-order valence-corrected chi connectivity index (χ0v) is 10.8. The summed E-state index contributed by atoms with van der Waals surface area (Å²) < 4.78 is 0. The molecule has 2 heteroatoms. The van der Waals surface area contributed by atoms with Gasteiger partial charge in [-0.15, -0.1) is 0 Å². The fourth-order valence-corrected chi connectivity index (χ4v) is 2.01. The molecule has 90 valence electrons. The van der Waals surface area contributed by atoms with Crippen LogP contribution in [0.2, 0.25) is 0 Å². The molecule has 1 atom stereocenters. The van der Waals surface area contributed by atoms with Gasteiger partial charge in [0, 0.05) is 5.69 Å². The van der Waals surface area contributed by atoms with Crippen molar-refractivity contribution in [3.63, 3.8) is 0 Å². The van der Waals surface area contributed by atoms with Crippen molar-refractivity contribution in [2.24, 2.45) is 0 Å². The third kappa shape index (κ3) is 2.96. The Morgan fingerprint density at radius 2 is 1.82 bits per heavy atom. The molecule has 1 unspecified atom stereocenters. The van der Waals surface area contributed by atoms with Gasteiger partial charge in [-0.1, -0.05) is 51.1 Å². The lowest BCUT2D eigenvalue weighted by atomic mass is 9.96. The van der Waals surface area contributed by atoms with E-state index in [1.165, 1.54) is 11.3 Å². The molecule has 0 saturated heterocycles. The van der Waals surface area contributed by atoms with Gasteiger partial charge in [0.05, 0.1) is 5.69 Å². The average molecular weight is 228 g/mol. The van der Waals surface area contributed by atoms with E-state index in [0.29, 0.717) is 11.8 Å². The number of H-pyrrole nitrogens is 1. The van der Waals surface area contributed by atoms with E-state index in [-0.39, 0.29) is 0 Å². The van der Waals surface area contributed by atoms with E-state index in [4.69, 9.17) is 0 Å². The zero-order chi connectivity index (χ0) is 12.3. The minimum Gasteiger partial charge on any atom is -0.282 e. The molecule has 0 radical (unpaired) electrons. The van der Waals surface area contributed by atoms with Crippen molar-refractivity contribution < 1.29 is 0 Å². The Hall–Kier alpha value is -1.57. The molecule has 0 bridgehead atoms. The predicted octanol–water partition coefficient (Wildman–Crippen LogP) is 3.88. The summed E-state index contributed by atoms with van der Waals surface area (Å²) in [5.74, 6) is 1.02. The van der Waals surface area contributed by atoms with E-state index in [1.807, 2.05) is 0 Å². The summed E-state index contributed by atoms with van der Waals surface area (Å²) in [5.41, 5.74) is 3.76. The lowest BCUT2D eigenvalue weighted by Crippen LogP contribution is -1.98. The van der Waals surface area contributed by atoms with Gasteiger partial charge in [-0.3, -0.25) is 5.10 Å². The van der Waals surface area contributed by atoms with Crippen molar-refractivity contribution in [1.82, 2.24) is 10.2 Å². The van der Waals surface area contributed by atoms with Gasteiger partial charge in [-0.05, 0) is 29.9 Å². The standard InChI is InChI=1S/C15H20N2/c1-11(2)15-10-14(16-17-15)9-12(3)13-7-5-4-6-8-13/h4-8,10-12H,9H2,1-3H3,(H,16,17). The second kappa shape index (κ2) is 5.17. The fourth-order valence-electron chi connectivity index (χ4n) is 2.01. The normalized spacial score (nSPS) is 12.9. The maximum atomic E-state index is 4.34. The Morgan fingerprint density at radius 1 is 1.12 bits per heavy atom. The Kier molecular flexibility index (Phi) is 3.62. The number of nitrogens with zero attached hydrogens (tertiary/aromatic N) is 1. The first kappa shape index (κ1) is 11.9. The highest BCUT2D eigenvalue weighted by molar-refractivity contribution is 5.21. The Balaban J connectivity index is 2.05. The van der Waals surface area contributed by atoms with Gasteiger partial charge in [0.15, 0.2) is 0 Å². The van der Waals surface area contributed by atoms with Gasteiger partial charge in [-0.25, -0.2) is 0 Å². The maximum absolute atomic E-state index is 4.34. The van der Waals surface area contributed by atoms with Gasteiger partial charge < -0.3 is 0 Å². The average Bonchev–Trinajstić information content (AvgIpc) is 2.79. The van der Waals surface area contributed by atoms with Crippen LogP contribution in [0.3, 0.4) is 0 Å². The Labute approximate surface area is 103 Å². The van der Waals surface area contributed by atoms with Crippen LogP contribution < -0.4 is 0 Å². The summed E-state index contributed by atoms with van der Waals surface area (Å²) in [6.07, 6.45) is 1.02. The number of hydrogen-bond acceptors (Lipinski definition) is 1. The highest BCUT2D eigenvalue weighted by atomic mass is 15.1. The topological polar surface area (TPSA) is 28.7 Å². The monoisotopic (exact) mass is 228 g/mol. The van der Waals surface area contributed by atoms with E-state index in [9.17, 15) is 0 Å². The van der Waals surface area contributed by atoms with Crippen molar-refractivity contribution >= 4 is 0 Å². The van der Waals surface area contributed by atoms with Crippen LogP contribution >= 0.6 is 0 Å². The SMILES string of the molecule is CC(C)c1cc(CC(C)c2ccccc2)[nH]n1. The van der Waals surface area contributed by atoms with Crippen LogP contribution in [0.4, 0.5) is 0 Å². The number of benzene rings is 1. The smallest absolute Gasteiger partial charge is 0.0650 e. The van der Waals surface area contributed by atoms with Gasteiger partial charge in [0.25, 0.3) is 0 Å². The summed E-state index contributed by atoms with van der Waals surface area (Å²) >= 11 is 0. The molecular formula is C15H20N2. The quantitative estimate of drug-likeness (QED) is 0.845. The first-order valence-corrected chi connectivity index (χ1v) is 6.26. The number of nitrogens with one attached hydrogen (secondary N) is 1. The molecule has 0 fully saturated rings. The van der Waals surface area contributed by atoms with E-state index in [0.717, 1.165) is 12.1 Å². The molecule has 0 spiro atoms. The molecular weight excluding hydrogens is 208 g/mol. The third-order valence-electron chi connectivity index (χ3n) is 3.14. The Morgan fingerprint density at radius 3 is 2.41 bits per heavy atom. The van der Waals surface area contributed by atoms with Gasteiger partial charge in [0.1, 0.15) is 0 Å². The molecule has 1 N–H and O–H groups in total. The summed E-state index contributed by atoms with van der Waals surface area (Å²) in [6.45, 7) is 6.59. The van der Waals surface area contributed by atoms with E-state index in [1.54, 1.807) is 0 Å². The van der Waals surface area contributed by atoms with E-state index < -0.39 is 0 Å². The van der Waals surface area contributed by atoms with Crippen LogP contribution in [0.1, 0.15) is 49.6 Å². The lowest BCUT2D eigenvalue weighted by Gasteiger charge is -2.09. The number of aromatic nitrogens is 2. The molecule has 1 heterocycles. The molecule has 2 aromatic rings. The van der Waals surface area contributed by atoms with Crippen molar-refractivity contribution in [2.75, 3.05) is 0 Å². The fraction of sp³-hybridized carbons (Fsp3) is 0.400. The van der Waals surface area contributed by atoms with Crippen molar-refractivity contribution in [2.45, 2.75) is 39.0 Å². The molecule has 1 aromatic carbocycles. The van der Waals surface area contributed by atoms with Crippen LogP contribution in [0.5, 0.6) is 0 Å². The zero-order valence-electron chi connectivity index (χ0n) is 10.8. The summed E-state index contributed by atoms with van der Waals surface area (Å²) in [5, 5.41) is 7.48. The number of rotatable bonds is 4. The lowest BCUT2D eigenvalue weighted by molar-refractivity contribution is 0.735. The molecule has 0 aliphatic rings. The number of hydrogen-bond donors (Lipinski definition) is 1. The van der Waals surface area contributed by atoms with Crippen LogP contribution in [0.25, 0.3) is 0 Å². The molecule has 0 aliphatic carbocycles. The third-order valence-corrected chi connectivity index (χ3v) is 3.14. The van der Waals surface area contributed by atoms with Gasteiger partial charge in [0.2, 0.25) is 0 Å².